The lowest BCUT2D eigenvalue weighted by Gasteiger charge is -2.07. The third-order valence-corrected chi connectivity index (χ3v) is 1.95. The molecule has 2 N–H and O–H groups in total. The smallest absolute Gasteiger partial charge is 0.338 e. The summed E-state index contributed by atoms with van der Waals surface area (Å²) in [7, 11) is 0. The fourth-order valence-corrected chi connectivity index (χ4v) is 1.10. The number of primary amides is 1. The molecule has 1 amide bonds. The molecular weight excluding hydrogens is 206 g/mol. The van der Waals surface area contributed by atoms with E-state index < -0.39 is 5.91 Å². The van der Waals surface area contributed by atoms with E-state index in [9.17, 15) is 9.59 Å². The first kappa shape index (κ1) is 12.2. The number of hydrogen-bond acceptors (Lipinski definition) is 3. The first-order valence-electron chi connectivity index (χ1n) is 5.07. The van der Waals surface area contributed by atoms with Crippen molar-refractivity contribution in [3.8, 4) is 0 Å². The largest absolute Gasteiger partial charge is 0.462 e. The average molecular weight is 221 g/mol. The molecule has 0 saturated heterocycles. The fraction of sp³-hybridized carbons (Fsp3) is 0.333. The summed E-state index contributed by atoms with van der Waals surface area (Å²) in [5.74, 6) is -0.597. The Morgan fingerprint density at radius 3 is 2.12 bits per heavy atom. The van der Waals surface area contributed by atoms with Crippen LogP contribution in [-0.2, 0) is 4.74 Å². The second-order valence-corrected chi connectivity index (χ2v) is 3.93. The molecule has 4 heteroatoms. The predicted octanol–water partition coefficient (Wildman–Crippen LogP) is 1.60. The van der Waals surface area contributed by atoms with Crippen LogP contribution in [0.5, 0.6) is 0 Å². The summed E-state index contributed by atoms with van der Waals surface area (Å²) in [5.41, 5.74) is 5.88. The second kappa shape index (κ2) is 5.30. The number of hydrogen-bond donors (Lipinski definition) is 1. The molecule has 0 unspecified atom stereocenters. The van der Waals surface area contributed by atoms with Gasteiger partial charge in [-0.05, 0) is 30.2 Å². The van der Waals surface area contributed by atoms with Crippen LogP contribution in [0.25, 0.3) is 0 Å². The zero-order valence-electron chi connectivity index (χ0n) is 9.40. The van der Waals surface area contributed by atoms with E-state index in [1.54, 1.807) is 0 Å². The molecule has 1 rings (SSSR count). The summed E-state index contributed by atoms with van der Waals surface area (Å²) in [5, 5.41) is 0. The number of ether oxygens (including phenoxy) is 1. The van der Waals surface area contributed by atoms with E-state index in [0.717, 1.165) is 0 Å². The highest BCUT2D eigenvalue weighted by molar-refractivity contribution is 5.95. The van der Waals surface area contributed by atoms with E-state index in [0.29, 0.717) is 23.7 Å². The SMILES string of the molecule is CC(C)COC(=O)c1ccc(C(N)=O)cc1. The Bertz CT molecular complexity index is 382. The van der Waals surface area contributed by atoms with Crippen LogP contribution in [0.3, 0.4) is 0 Å². The van der Waals surface area contributed by atoms with Crippen LogP contribution in [-0.4, -0.2) is 18.5 Å². The molecule has 1 aromatic carbocycles. The summed E-state index contributed by atoms with van der Waals surface area (Å²) >= 11 is 0. The zero-order chi connectivity index (χ0) is 12.1. The molecule has 0 aromatic heterocycles. The molecule has 0 aliphatic carbocycles. The van der Waals surface area contributed by atoms with Gasteiger partial charge in [-0.3, -0.25) is 4.79 Å². The minimum Gasteiger partial charge on any atom is -0.462 e. The summed E-state index contributed by atoms with van der Waals surface area (Å²) in [6.45, 7) is 4.31. The fourth-order valence-electron chi connectivity index (χ4n) is 1.10. The van der Waals surface area contributed by atoms with Gasteiger partial charge in [-0.15, -0.1) is 0 Å². The van der Waals surface area contributed by atoms with Crippen molar-refractivity contribution in [3.05, 3.63) is 35.4 Å². The van der Waals surface area contributed by atoms with Crippen LogP contribution in [0.1, 0.15) is 34.6 Å². The molecule has 0 bridgehead atoms. The third kappa shape index (κ3) is 3.38. The Hall–Kier alpha value is -1.84. The molecule has 0 fully saturated rings. The number of rotatable bonds is 4. The first-order valence-corrected chi connectivity index (χ1v) is 5.07. The Kier molecular flexibility index (Phi) is 4.05. The lowest BCUT2D eigenvalue weighted by Crippen LogP contribution is -2.12. The molecule has 0 radical (unpaired) electrons. The second-order valence-electron chi connectivity index (χ2n) is 3.93. The van der Waals surface area contributed by atoms with Gasteiger partial charge in [0.1, 0.15) is 0 Å². The average Bonchev–Trinajstić information content (AvgIpc) is 2.26. The lowest BCUT2D eigenvalue weighted by atomic mass is 10.1. The van der Waals surface area contributed by atoms with Crippen LogP contribution in [0.4, 0.5) is 0 Å². The maximum Gasteiger partial charge on any atom is 0.338 e. The van der Waals surface area contributed by atoms with Crippen LogP contribution >= 0.6 is 0 Å². The van der Waals surface area contributed by atoms with Crippen molar-refractivity contribution in [1.29, 1.82) is 0 Å². The van der Waals surface area contributed by atoms with Gasteiger partial charge in [-0.25, -0.2) is 4.79 Å². The summed E-state index contributed by atoms with van der Waals surface area (Å²) in [6.07, 6.45) is 0. The highest BCUT2D eigenvalue weighted by Gasteiger charge is 2.08. The van der Waals surface area contributed by atoms with E-state index in [-0.39, 0.29) is 5.97 Å². The summed E-state index contributed by atoms with van der Waals surface area (Å²) < 4.78 is 5.03. The molecule has 0 saturated carbocycles. The summed E-state index contributed by atoms with van der Waals surface area (Å²) in [6, 6.07) is 6.08. The maximum absolute atomic E-state index is 11.5. The van der Waals surface area contributed by atoms with Gasteiger partial charge in [-0.1, -0.05) is 13.8 Å². The number of amides is 1. The third-order valence-electron chi connectivity index (χ3n) is 1.95. The Morgan fingerprint density at radius 1 is 1.19 bits per heavy atom. The van der Waals surface area contributed by atoms with Gasteiger partial charge in [0.05, 0.1) is 12.2 Å². The number of benzene rings is 1. The topological polar surface area (TPSA) is 69.4 Å². The van der Waals surface area contributed by atoms with Crippen molar-refractivity contribution in [2.45, 2.75) is 13.8 Å². The molecule has 86 valence electrons. The minimum atomic E-state index is -0.512. The van der Waals surface area contributed by atoms with E-state index in [1.807, 2.05) is 13.8 Å². The molecule has 0 aliphatic heterocycles. The number of nitrogens with two attached hydrogens (primary N) is 1. The molecule has 1 aromatic rings. The molecule has 4 nitrogen and oxygen atoms in total. The van der Waals surface area contributed by atoms with Gasteiger partial charge in [0, 0.05) is 5.56 Å². The molecule has 0 heterocycles. The van der Waals surface area contributed by atoms with Crippen LogP contribution in [0, 0.1) is 5.92 Å². The lowest BCUT2D eigenvalue weighted by molar-refractivity contribution is 0.0458. The van der Waals surface area contributed by atoms with Crippen LogP contribution in [0.15, 0.2) is 24.3 Å². The molecular formula is C12H15NO3. The Labute approximate surface area is 94.4 Å². The predicted molar refractivity (Wildman–Crippen MR) is 60.1 cm³/mol. The highest BCUT2D eigenvalue weighted by Crippen LogP contribution is 2.06. The Balaban J connectivity index is 2.67. The van der Waals surface area contributed by atoms with Crippen molar-refractivity contribution in [1.82, 2.24) is 0 Å². The normalized spacial score (nSPS) is 10.2. The van der Waals surface area contributed by atoms with Crippen LogP contribution < -0.4 is 5.73 Å². The zero-order valence-corrected chi connectivity index (χ0v) is 9.40. The molecule has 0 aliphatic rings. The van der Waals surface area contributed by atoms with Gasteiger partial charge < -0.3 is 10.5 Å². The van der Waals surface area contributed by atoms with E-state index >= 15 is 0 Å². The van der Waals surface area contributed by atoms with Gasteiger partial charge in [-0.2, -0.15) is 0 Å². The van der Waals surface area contributed by atoms with Crippen molar-refractivity contribution in [3.63, 3.8) is 0 Å². The van der Waals surface area contributed by atoms with Gasteiger partial charge >= 0.3 is 5.97 Å². The van der Waals surface area contributed by atoms with E-state index in [2.05, 4.69) is 0 Å². The number of esters is 1. The standard InChI is InChI=1S/C12H15NO3/c1-8(2)7-16-12(15)10-5-3-9(4-6-10)11(13)14/h3-6,8H,7H2,1-2H3,(H2,13,14). The van der Waals surface area contributed by atoms with Crippen molar-refractivity contribution in [2.24, 2.45) is 11.7 Å². The van der Waals surface area contributed by atoms with Gasteiger partial charge in [0.2, 0.25) is 5.91 Å². The van der Waals surface area contributed by atoms with E-state index in [1.165, 1.54) is 24.3 Å². The van der Waals surface area contributed by atoms with Crippen molar-refractivity contribution >= 4 is 11.9 Å². The minimum absolute atomic E-state index is 0.300. The van der Waals surface area contributed by atoms with Crippen molar-refractivity contribution in [2.75, 3.05) is 6.61 Å². The Morgan fingerprint density at radius 2 is 1.69 bits per heavy atom. The van der Waals surface area contributed by atoms with Crippen molar-refractivity contribution < 1.29 is 14.3 Å². The van der Waals surface area contributed by atoms with E-state index in [4.69, 9.17) is 10.5 Å². The van der Waals surface area contributed by atoms with Gasteiger partial charge in [0.15, 0.2) is 0 Å². The quantitative estimate of drug-likeness (QED) is 0.785. The number of carbonyl (C=O) groups is 2. The first-order chi connectivity index (χ1) is 7.50. The van der Waals surface area contributed by atoms with Crippen LogP contribution in [0.2, 0.25) is 0 Å². The maximum atomic E-state index is 11.5. The summed E-state index contributed by atoms with van der Waals surface area (Å²) in [4.78, 5) is 22.3. The molecule has 0 atom stereocenters. The van der Waals surface area contributed by atoms with Gasteiger partial charge in [0.25, 0.3) is 0 Å². The monoisotopic (exact) mass is 221 g/mol. The highest BCUT2D eigenvalue weighted by atomic mass is 16.5. The molecule has 0 spiro atoms. The number of carbonyl (C=O) groups excluding carboxylic acids is 2. The molecule has 16 heavy (non-hydrogen) atoms.